The zero-order chi connectivity index (χ0) is 20.8. The van der Waals surface area contributed by atoms with Crippen LogP contribution in [-0.2, 0) is 9.53 Å². The van der Waals surface area contributed by atoms with Crippen molar-refractivity contribution in [2.75, 3.05) is 32.8 Å². The van der Waals surface area contributed by atoms with Crippen LogP contribution in [0.2, 0.25) is 0 Å². The summed E-state index contributed by atoms with van der Waals surface area (Å²) in [7, 11) is 0. The number of thiophene rings is 2. The average molecular weight is 443 g/mol. The number of amides is 1. The first-order valence-corrected chi connectivity index (χ1v) is 11.6. The van der Waals surface area contributed by atoms with E-state index in [1.54, 1.807) is 23.5 Å². The first-order chi connectivity index (χ1) is 14.7. The molecule has 1 saturated heterocycles. The molecule has 3 aromatic rings. The zero-order valence-electron chi connectivity index (χ0n) is 16.4. The molecule has 1 aliphatic heterocycles. The van der Waals surface area contributed by atoms with Crippen LogP contribution in [0, 0.1) is 5.82 Å². The fourth-order valence-corrected chi connectivity index (χ4v) is 5.07. The predicted molar refractivity (Wildman–Crippen MR) is 121 cm³/mol. The maximum absolute atomic E-state index is 13.3. The van der Waals surface area contributed by atoms with Gasteiger partial charge in [0.2, 0.25) is 0 Å². The molecule has 0 aliphatic carbocycles. The third kappa shape index (κ3) is 5.23. The minimum absolute atomic E-state index is 0.119. The molecule has 0 radical (unpaired) electrons. The van der Waals surface area contributed by atoms with E-state index in [9.17, 15) is 9.18 Å². The number of ether oxygens (including phenoxy) is 1. The second-order valence-corrected chi connectivity index (χ2v) is 8.90. The molecule has 4 nitrogen and oxygen atoms in total. The molecule has 0 saturated carbocycles. The lowest BCUT2D eigenvalue weighted by molar-refractivity contribution is -0.115. The first-order valence-electron chi connectivity index (χ1n) is 9.85. The van der Waals surface area contributed by atoms with Crippen LogP contribution in [0.4, 0.5) is 4.39 Å². The smallest absolute Gasteiger partial charge is 0.252 e. The zero-order valence-corrected chi connectivity index (χ0v) is 18.1. The quantitative estimate of drug-likeness (QED) is 0.540. The molecule has 0 bridgehead atoms. The van der Waals surface area contributed by atoms with Gasteiger partial charge in [-0.3, -0.25) is 9.69 Å². The highest BCUT2D eigenvalue weighted by Gasteiger charge is 2.24. The van der Waals surface area contributed by atoms with Crippen molar-refractivity contribution in [3.05, 3.63) is 80.4 Å². The summed E-state index contributed by atoms with van der Waals surface area (Å²) in [5.74, 6) is -0.421. The molecule has 7 heteroatoms. The van der Waals surface area contributed by atoms with Crippen molar-refractivity contribution in [2.45, 2.75) is 6.04 Å². The molecule has 0 spiro atoms. The molecule has 30 heavy (non-hydrogen) atoms. The number of hydrogen-bond acceptors (Lipinski definition) is 5. The summed E-state index contributed by atoms with van der Waals surface area (Å²) < 4.78 is 18.8. The molecule has 1 N–H and O–H groups in total. The second kappa shape index (κ2) is 10.1. The lowest BCUT2D eigenvalue weighted by Gasteiger charge is -2.34. The van der Waals surface area contributed by atoms with E-state index in [1.165, 1.54) is 28.3 Å². The second-order valence-electron chi connectivity index (χ2n) is 6.98. The third-order valence-corrected chi connectivity index (χ3v) is 6.90. The Morgan fingerprint density at radius 3 is 2.50 bits per heavy atom. The van der Waals surface area contributed by atoms with Crippen LogP contribution < -0.4 is 5.32 Å². The summed E-state index contributed by atoms with van der Waals surface area (Å²) in [6, 6.07) is 14.3. The summed E-state index contributed by atoms with van der Waals surface area (Å²) in [6.07, 6.45) is 1.81. The van der Waals surface area contributed by atoms with E-state index in [0.717, 1.165) is 23.5 Å². The fourth-order valence-electron chi connectivity index (χ4n) is 3.47. The fraction of sp³-hybridized carbons (Fsp3) is 0.261. The third-order valence-electron chi connectivity index (χ3n) is 5.03. The largest absolute Gasteiger partial charge is 0.379 e. The number of rotatable bonds is 7. The Kier molecular flexibility index (Phi) is 7.07. The molecule has 1 amide bonds. The summed E-state index contributed by atoms with van der Waals surface area (Å²) in [6.45, 7) is 3.64. The van der Waals surface area contributed by atoms with Crippen LogP contribution in [0.5, 0.6) is 0 Å². The minimum Gasteiger partial charge on any atom is -0.379 e. The Hall–Kier alpha value is -2.32. The molecule has 2 aromatic heterocycles. The van der Waals surface area contributed by atoms with Crippen LogP contribution in [0.25, 0.3) is 11.6 Å². The predicted octanol–water partition coefficient (Wildman–Crippen LogP) is 4.68. The number of carbonyl (C=O) groups is 1. The van der Waals surface area contributed by atoms with Gasteiger partial charge in [0.1, 0.15) is 5.82 Å². The van der Waals surface area contributed by atoms with E-state index in [-0.39, 0.29) is 17.8 Å². The molecule has 1 atom stereocenters. The number of carbonyl (C=O) groups excluding carboxylic acids is 1. The molecule has 1 aromatic carbocycles. The molecule has 1 fully saturated rings. The monoisotopic (exact) mass is 442 g/mol. The van der Waals surface area contributed by atoms with Crippen LogP contribution in [0.1, 0.15) is 21.4 Å². The Morgan fingerprint density at radius 2 is 1.83 bits per heavy atom. The Labute approximate surface area is 183 Å². The maximum Gasteiger partial charge on any atom is 0.252 e. The summed E-state index contributed by atoms with van der Waals surface area (Å²) in [5.41, 5.74) is 1.38. The van der Waals surface area contributed by atoms with Crippen LogP contribution in [0.3, 0.4) is 0 Å². The van der Waals surface area contributed by atoms with Crippen molar-refractivity contribution in [3.63, 3.8) is 0 Å². The van der Waals surface area contributed by atoms with Gasteiger partial charge >= 0.3 is 0 Å². The number of nitrogens with one attached hydrogen (secondary N) is 1. The first kappa shape index (κ1) is 20.9. The van der Waals surface area contributed by atoms with Crippen LogP contribution in [0.15, 0.2) is 59.3 Å². The van der Waals surface area contributed by atoms with Crippen molar-refractivity contribution in [3.8, 4) is 0 Å². The van der Waals surface area contributed by atoms with E-state index in [1.807, 2.05) is 29.7 Å². The van der Waals surface area contributed by atoms with Crippen LogP contribution >= 0.6 is 22.7 Å². The standard InChI is InChI=1S/C23H23FN2O2S2/c24-18-7-5-17(6-8-18)15-19(21-3-1-13-29-21)23(27)25-16-20(22-4-2-14-30-22)26-9-11-28-12-10-26/h1-8,13-15,20H,9-12,16H2,(H,25,27)/b19-15+. The number of hydrogen-bond donors (Lipinski definition) is 1. The average Bonchev–Trinajstić information content (AvgIpc) is 3.49. The van der Waals surface area contributed by atoms with Gasteiger partial charge in [0.25, 0.3) is 5.91 Å². The van der Waals surface area contributed by atoms with Crippen molar-refractivity contribution < 1.29 is 13.9 Å². The summed E-state index contributed by atoms with van der Waals surface area (Å²) in [4.78, 5) is 17.7. The van der Waals surface area contributed by atoms with Crippen LogP contribution in [-0.4, -0.2) is 43.7 Å². The molecular formula is C23H23FN2O2S2. The van der Waals surface area contributed by atoms with Gasteiger partial charge in [-0.15, -0.1) is 22.7 Å². The van der Waals surface area contributed by atoms with Gasteiger partial charge in [-0.1, -0.05) is 24.3 Å². The van der Waals surface area contributed by atoms with E-state index in [2.05, 4.69) is 21.7 Å². The van der Waals surface area contributed by atoms with Crippen molar-refractivity contribution >= 4 is 40.2 Å². The molecular weight excluding hydrogens is 419 g/mol. The van der Waals surface area contributed by atoms with E-state index in [4.69, 9.17) is 4.74 Å². The molecule has 4 rings (SSSR count). The highest BCUT2D eigenvalue weighted by molar-refractivity contribution is 7.11. The van der Waals surface area contributed by atoms with Gasteiger partial charge < -0.3 is 10.1 Å². The highest BCUT2D eigenvalue weighted by Crippen LogP contribution is 2.27. The number of nitrogens with zero attached hydrogens (tertiary/aromatic N) is 1. The van der Waals surface area contributed by atoms with Gasteiger partial charge in [-0.05, 0) is 46.7 Å². The Bertz CT molecular complexity index is 963. The highest BCUT2D eigenvalue weighted by atomic mass is 32.1. The molecule has 3 heterocycles. The van der Waals surface area contributed by atoms with Gasteiger partial charge in [-0.2, -0.15) is 0 Å². The van der Waals surface area contributed by atoms with Crippen molar-refractivity contribution in [2.24, 2.45) is 0 Å². The topological polar surface area (TPSA) is 41.6 Å². The number of morpholine rings is 1. The van der Waals surface area contributed by atoms with Crippen molar-refractivity contribution in [1.82, 2.24) is 10.2 Å². The normalized spacial score (nSPS) is 16.4. The SMILES string of the molecule is O=C(NCC(c1cccs1)N1CCOCC1)/C(=C/c1ccc(F)cc1)c1cccs1. The number of halogens is 1. The molecule has 1 unspecified atom stereocenters. The van der Waals surface area contributed by atoms with Gasteiger partial charge in [-0.25, -0.2) is 4.39 Å². The summed E-state index contributed by atoms with van der Waals surface area (Å²) >= 11 is 3.22. The molecule has 156 valence electrons. The van der Waals surface area contributed by atoms with E-state index in [0.29, 0.717) is 25.3 Å². The van der Waals surface area contributed by atoms with Gasteiger partial charge in [0.15, 0.2) is 0 Å². The van der Waals surface area contributed by atoms with Crippen molar-refractivity contribution in [1.29, 1.82) is 0 Å². The lowest BCUT2D eigenvalue weighted by Crippen LogP contribution is -2.43. The Morgan fingerprint density at radius 1 is 1.10 bits per heavy atom. The maximum atomic E-state index is 13.3. The van der Waals surface area contributed by atoms with E-state index >= 15 is 0 Å². The summed E-state index contributed by atoms with van der Waals surface area (Å²) in [5, 5.41) is 7.15. The Balaban J connectivity index is 1.53. The minimum atomic E-state index is -0.293. The number of benzene rings is 1. The lowest BCUT2D eigenvalue weighted by atomic mass is 10.1. The van der Waals surface area contributed by atoms with E-state index < -0.39 is 0 Å². The van der Waals surface area contributed by atoms with Gasteiger partial charge in [0, 0.05) is 29.4 Å². The molecule has 1 aliphatic rings. The van der Waals surface area contributed by atoms with Gasteiger partial charge in [0.05, 0.1) is 24.8 Å².